The number of nitrogens with one attached hydrogen (secondary N) is 1. The quantitative estimate of drug-likeness (QED) is 0.548. The van der Waals surface area contributed by atoms with E-state index in [1.807, 2.05) is 73.0 Å². The zero-order chi connectivity index (χ0) is 19.0. The topological polar surface area (TPSA) is 55.6 Å². The van der Waals surface area contributed by atoms with E-state index >= 15 is 0 Å². The first-order chi connectivity index (χ1) is 13.0. The van der Waals surface area contributed by atoms with E-state index in [4.69, 9.17) is 4.74 Å². The van der Waals surface area contributed by atoms with Crippen molar-refractivity contribution in [2.75, 3.05) is 12.4 Å². The van der Waals surface area contributed by atoms with E-state index < -0.39 is 0 Å². The summed E-state index contributed by atoms with van der Waals surface area (Å²) in [6, 6.07) is 15.5. The number of rotatable bonds is 4. The van der Waals surface area contributed by atoms with Gasteiger partial charge in [-0.25, -0.2) is 4.98 Å². The van der Waals surface area contributed by atoms with Crippen molar-refractivity contribution in [3.05, 3.63) is 70.9 Å². The average molecular weight is 377 g/mol. The van der Waals surface area contributed by atoms with Crippen molar-refractivity contribution < 1.29 is 9.53 Å². The zero-order valence-corrected chi connectivity index (χ0v) is 16.1. The van der Waals surface area contributed by atoms with Gasteiger partial charge >= 0.3 is 0 Å². The summed E-state index contributed by atoms with van der Waals surface area (Å²) in [4.78, 5) is 18.8. The Labute approximate surface area is 161 Å². The van der Waals surface area contributed by atoms with Gasteiger partial charge in [-0.3, -0.25) is 9.20 Å². The first-order valence-corrected chi connectivity index (χ1v) is 9.38. The summed E-state index contributed by atoms with van der Waals surface area (Å²) >= 11 is 1.39. The molecule has 2 aromatic carbocycles. The molecule has 6 heteroatoms. The van der Waals surface area contributed by atoms with E-state index in [-0.39, 0.29) is 5.91 Å². The highest BCUT2D eigenvalue weighted by molar-refractivity contribution is 7.19. The van der Waals surface area contributed by atoms with Crippen LogP contribution in [0.5, 0.6) is 5.75 Å². The number of benzene rings is 2. The molecular weight excluding hydrogens is 358 g/mol. The third kappa shape index (κ3) is 3.31. The normalized spacial score (nSPS) is 10.9. The van der Waals surface area contributed by atoms with E-state index in [2.05, 4.69) is 10.3 Å². The standard InChI is InChI=1S/C21H19N3O2S/c1-13-4-8-16(9-5-13)22-20(25)19-14(2)24-12-18(23-21(24)27-19)15-6-10-17(26-3)11-7-15/h4-12H,1-3H3,(H,22,25). The Morgan fingerprint density at radius 3 is 2.41 bits per heavy atom. The molecule has 0 unspecified atom stereocenters. The minimum Gasteiger partial charge on any atom is -0.497 e. The molecule has 0 spiro atoms. The van der Waals surface area contributed by atoms with Crippen molar-refractivity contribution >= 4 is 27.9 Å². The number of hydrogen-bond donors (Lipinski definition) is 1. The van der Waals surface area contributed by atoms with Crippen LogP contribution in [0.2, 0.25) is 0 Å². The van der Waals surface area contributed by atoms with Crippen molar-refractivity contribution in [1.82, 2.24) is 9.38 Å². The molecule has 0 atom stereocenters. The number of hydrogen-bond acceptors (Lipinski definition) is 4. The Morgan fingerprint density at radius 1 is 1.07 bits per heavy atom. The van der Waals surface area contributed by atoms with Crippen LogP contribution in [-0.2, 0) is 0 Å². The van der Waals surface area contributed by atoms with Crippen LogP contribution in [0.15, 0.2) is 54.7 Å². The number of ether oxygens (including phenoxy) is 1. The number of nitrogens with zero attached hydrogens (tertiary/aromatic N) is 2. The molecule has 0 saturated heterocycles. The molecule has 0 saturated carbocycles. The second-order valence-corrected chi connectivity index (χ2v) is 7.32. The molecule has 4 aromatic rings. The van der Waals surface area contributed by atoms with Crippen LogP contribution in [0.25, 0.3) is 16.2 Å². The van der Waals surface area contributed by atoms with Crippen molar-refractivity contribution in [2.24, 2.45) is 0 Å². The summed E-state index contributed by atoms with van der Waals surface area (Å²) in [6.45, 7) is 3.96. The largest absolute Gasteiger partial charge is 0.497 e. The molecule has 0 bridgehead atoms. The molecule has 0 aliphatic heterocycles. The number of amides is 1. The highest BCUT2D eigenvalue weighted by Crippen LogP contribution is 2.28. The van der Waals surface area contributed by atoms with Gasteiger partial charge in [0.2, 0.25) is 0 Å². The highest BCUT2D eigenvalue weighted by atomic mass is 32.1. The molecule has 27 heavy (non-hydrogen) atoms. The molecule has 0 aliphatic carbocycles. The van der Waals surface area contributed by atoms with E-state index in [1.54, 1.807) is 7.11 Å². The SMILES string of the molecule is COc1ccc(-c2cn3c(C)c(C(=O)Nc4ccc(C)cc4)sc3n2)cc1. The minimum absolute atomic E-state index is 0.113. The molecule has 5 nitrogen and oxygen atoms in total. The molecule has 0 aliphatic rings. The molecular formula is C21H19N3O2S. The first kappa shape index (κ1) is 17.3. The summed E-state index contributed by atoms with van der Waals surface area (Å²) in [7, 11) is 1.65. The lowest BCUT2D eigenvalue weighted by Gasteiger charge is -2.04. The number of imidazole rings is 1. The monoisotopic (exact) mass is 377 g/mol. The fourth-order valence-corrected chi connectivity index (χ4v) is 3.89. The summed E-state index contributed by atoms with van der Waals surface area (Å²) in [6.07, 6.45) is 1.96. The van der Waals surface area contributed by atoms with Crippen LogP contribution >= 0.6 is 11.3 Å². The van der Waals surface area contributed by atoms with E-state index in [9.17, 15) is 4.79 Å². The van der Waals surface area contributed by atoms with E-state index in [0.29, 0.717) is 4.88 Å². The Hall–Kier alpha value is -3.12. The van der Waals surface area contributed by atoms with Crippen molar-refractivity contribution in [2.45, 2.75) is 13.8 Å². The van der Waals surface area contributed by atoms with Gasteiger partial charge < -0.3 is 10.1 Å². The van der Waals surface area contributed by atoms with Crippen LogP contribution in [0.3, 0.4) is 0 Å². The Kier molecular flexibility index (Phi) is 4.41. The lowest BCUT2D eigenvalue weighted by atomic mass is 10.2. The minimum atomic E-state index is -0.113. The Morgan fingerprint density at radius 2 is 1.78 bits per heavy atom. The number of methoxy groups -OCH3 is 1. The van der Waals surface area contributed by atoms with Gasteiger partial charge in [-0.15, -0.1) is 0 Å². The summed E-state index contributed by atoms with van der Waals surface area (Å²) < 4.78 is 7.16. The van der Waals surface area contributed by atoms with Crippen LogP contribution < -0.4 is 10.1 Å². The molecule has 2 heterocycles. The predicted octanol–water partition coefficient (Wildman–Crippen LogP) is 4.94. The predicted molar refractivity (Wildman–Crippen MR) is 109 cm³/mol. The summed E-state index contributed by atoms with van der Waals surface area (Å²) in [5.41, 5.74) is 4.71. The van der Waals surface area contributed by atoms with Crippen LogP contribution in [-0.4, -0.2) is 22.4 Å². The zero-order valence-electron chi connectivity index (χ0n) is 15.3. The lowest BCUT2D eigenvalue weighted by molar-refractivity contribution is 0.102. The highest BCUT2D eigenvalue weighted by Gasteiger charge is 2.18. The smallest absolute Gasteiger partial charge is 0.267 e. The number of aryl methyl sites for hydroxylation is 2. The Balaban J connectivity index is 1.61. The third-order valence-corrected chi connectivity index (χ3v) is 5.61. The van der Waals surface area contributed by atoms with Gasteiger partial charge in [0, 0.05) is 23.1 Å². The lowest BCUT2D eigenvalue weighted by Crippen LogP contribution is -2.11. The molecule has 0 fully saturated rings. The summed E-state index contributed by atoms with van der Waals surface area (Å²) in [5.74, 6) is 0.698. The van der Waals surface area contributed by atoms with Crippen LogP contribution in [0, 0.1) is 13.8 Å². The number of thiazole rings is 1. The molecule has 136 valence electrons. The maximum Gasteiger partial charge on any atom is 0.267 e. The molecule has 0 radical (unpaired) electrons. The average Bonchev–Trinajstić information content (AvgIpc) is 3.23. The van der Waals surface area contributed by atoms with Gasteiger partial charge in [-0.05, 0) is 50.2 Å². The number of anilines is 1. The van der Waals surface area contributed by atoms with Crippen LogP contribution in [0.1, 0.15) is 20.9 Å². The second kappa shape index (κ2) is 6.89. The number of fused-ring (bicyclic) bond motifs is 1. The van der Waals surface area contributed by atoms with Gasteiger partial charge in [-0.1, -0.05) is 29.0 Å². The van der Waals surface area contributed by atoms with Crippen molar-refractivity contribution in [3.63, 3.8) is 0 Å². The Bertz CT molecular complexity index is 1110. The van der Waals surface area contributed by atoms with Gasteiger partial charge in [0.25, 0.3) is 5.91 Å². The van der Waals surface area contributed by atoms with E-state index in [1.165, 1.54) is 11.3 Å². The number of aromatic nitrogens is 2. The molecule has 1 amide bonds. The molecule has 2 aromatic heterocycles. The van der Waals surface area contributed by atoms with Gasteiger partial charge in [-0.2, -0.15) is 0 Å². The first-order valence-electron chi connectivity index (χ1n) is 8.56. The molecule has 1 N–H and O–H groups in total. The van der Waals surface area contributed by atoms with Crippen molar-refractivity contribution in [1.29, 1.82) is 0 Å². The van der Waals surface area contributed by atoms with Gasteiger partial charge in [0.1, 0.15) is 10.6 Å². The number of carbonyl (C=O) groups is 1. The fraction of sp³-hybridized carbons (Fsp3) is 0.143. The second-order valence-electron chi connectivity index (χ2n) is 6.34. The fourth-order valence-electron chi connectivity index (χ4n) is 2.89. The number of carbonyl (C=O) groups excluding carboxylic acids is 1. The maximum atomic E-state index is 12.7. The maximum absolute atomic E-state index is 12.7. The van der Waals surface area contributed by atoms with Crippen molar-refractivity contribution in [3.8, 4) is 17.0 Å². The van der Waals surface area contributed by atoms with E-state index in [0.717, 1.165) is 38.9 Å². The van der Waals surface area contributed by atoms with Gasteiger partial charge in [0.15, 0.2) is 4.96 Å². The van der Waals surface area contributed by atoms with Crippen LogP contribution in [0.4, 0.5) is 5.69 Å². The van der Waals surface area contributed by atoms with Gasteiger partial charge in [0.05, 0.1) is 12.8 Å². The summed E-state index contributed by atoms with van der Waals surface area (Å²) in [5, 5.41) is 2.95. The molecule has 4 rings (SSSR count). The third-order valence-electron chi connectivity index (χ3n) is 4.46.